The van der Waals surface area contributed by atoms with Gasteiger partial charge < -0.3 is 0 Å². The van der Waals surface area contributed by atoms with Crippen molar-refractivity contribution in [1.82, 2.24) is 9.97 Å². The average Bonchev–Trinajstić information content (AvgIpc) is 2.36. The highest BCUT2D eigenvalue weighted by Crippen LogP contribution is 2.21. The van der Waals surface area contributed by atoms with Gasteiger partial charge in [-0.1, -0.05) is 46.6 Å². The number of rotatable bonds is 3. The fourth-order valence-electron chi connectivity index (χ4n) is 1.61. The highest BCUT2D eigenvalue weighted by molar-refractivity contribution is 14.1. The molecule has 0 saturated heterocycles. The number of halogens is 3. The Labute approximate surface area is 133 Å². The monoisotopic (exact) mass is 436 g/mol. The number of aromatic nitrogens is 2. The average molecular weight is 438 g/mol. The first-order chi connectivity index (χ1) is 8.60. The first-order valence-corrected chi connectivity index (χ1v) is 7.80. The van der Waals surface area contributed by atoms with Crippen molar-refractivity contribution < 1.29 is 0 Å². The van der Waals surface area contributed by atoms with Gasteiger partial charge in [-0.05, 0) is 46.7 Å². The third-order valence-corrected chi connectivity index (χ3v) is 4.79. The van der Waals surface area contributed by atoms with Crippen LogP contribution in [0.2, 0.25) is 5.15 Å². The molecule has 0 atom stereocenters. The fourth-order valence-corrected chi connectivity index (χ4v) is 2.70. The molecular formula is C13H11BrClIN2. The van der Waals surface area contributed by atoms with Gasteiger partial charge in [0.2, 0.25) is 0 Å². The third kappa shape index (κ3) is 3.42. The van der Waals surface area contributed by atoms with Gasteiger partial charge in [0.15, 0.2) is 0 Å². The van der Waals surface area contributed by atoms with Gasteiger partial charge in [0.1, 0.15) is 11.0 Å². The summed E-state index contributed by atoms with van der Waals surface area (Å²) in [7, 11) is 0. The summed E-state index contributed by atoms with van der Waals surface area (Å²) in [6, 6.07) is 8.16. The normalized spacial score (nSPS) is 10.7. The van der Waals surface area contributed by atoms with Crippen molar-refractivity contribution in [3.63, 3.8) is 0 Å². The van der Waals surface area contributed by atoms with Gasteiger partial charge in [0, 0.05) is 10.9 Å². The number of hydrogen-bond donors (Lipinski definition) is 0. The lowest BCUT2D eigenvalue weighted by molar-refractivity contribution is 0.895. The van der Waals surface area contributed by atoms with Gasteiger partial charge in [-0.15, -0.1) is 0 Å². The maximum Gasteiger partial charge on any atom is 0.146 e. The zero-order valence-corrected chi connectivity index (χ0v) is 14.3. The maximum absolute atomic E-state index is 6.12. The van der Waals surface area contributed by atoms with E-state index in [2.05, 4.69) is 67.5 Å². The molecule has 0 amide bonds. The maximum atomic E-state index is 6.12. The van der Waals surface area contributed by atoms with Gasteiger partial charge in [0.25, 0.3) is 0 Å². The molecule has 0 radical (unpaired) electrons. The minimum absolute atomic E-state index is 0.551. The zero-order valence-electron chi connectivity index (χ0n) is 9.75. The Morgan fingerprint density at radius 2 is 1.89 bits per heavy atom. The van der Waals surface area contributed by atoms with Crippen LogP contribution in [0.3, 0.4) is 0 Å². The van der Waals surface area contributed by atoms with Crippen molar-refractivity contribution in [2.75, 3.05) is 0 Å². The summed E-state index contributed by atoms with van der Waals surface area (Å²) in [6.07, 6.45) is 1.57. The number of benzene rings is 1. The summed E-state index contributed by atoms with van der Waals surface area (Å²) in [4.78, 5) is 8.89. The molecule has 2 nitrogen and oxygen atoms in total. The van der Waals surface area contributed by atoms with Crippen LogP contribution in [0.25, 0.3) is 0 Å². The molecule has 0 bridgehead atoms. The molecule has 1 aromatic carbocycles. The summed E-state index contributed by atoms with van der Waals surface area (Å²) < 4.78 is 2.03. The summed E-state index contributed by atoms with van der Waals surface area (Å²) in [5.41, 5.74) is 2.19. The van der Waals surface area contributed by atoms with Gasteiger partial charge in [0.05, 0.1) is 9.26 Å². The molecule has 0 N–H and O–H groups in total. The highest BCUT2D eigenvalue weighted by Gasteiger charge is 2.09. The summed E-state index contributed by atoms with van der Waals surface area (Å²) in [5, 5.41) is 0.551. The van der Waals surface area contributed by atoms with Crippen molar-refractivity contribution in [1.29, 1.82) is 0 Å². The van der Waals surface area contributed by atoms with E-state index in [0.717, 1.165) is 26.0 Å². The first-order valence-electron chi connectivity index (χ1n) is 5.55. The van der Waals surface area contributed by atoms with Crippen LogP contribution in [0, 0.1) is 3.57 Å². The largest absolute Gasteiger partial charge is 0.236 e. The molecule has 0 aliphatic carbocycles. The molecule has 2 rings (SSSR count). The van der Waals surface area contributed by atoms with Crippen LogP contribution >= 0.6 is 50.1 Å². The summed E-state index contributed by atoms with van der Waals surface area (Å²) in [6.45, 7) is 2.07. The lowest BCUT2D eigenvalue weighted by Crippen LogP contribution is -2.03. The van der Waals surface area contributed by atoms with Crippen LogP contribution < -0.4 is 0 Å². The molecule has 2 aromatic rings. The van der Waals surface area contributed by atoms with Crippen LogP contribution in [0.15, 0.2) is 28.7 Å². The summed E-state index contributed by atoms with van der Waals surface area (Å²) in [5.74, 6) is 0.777. The van der Waals surface area contributed by atoms with E-state index >= 15 is 0 Å². The Balaban J connectivity index is 2.29. The molecule has 0 unspecified atom stereocenters. The molecule has 0 aliphatic rings. The minimum atomic E-state index is 0.551. The van der Waals surface area contributed by atoms with Crippen molar-refractivity contribution in [3.05, 3.63) is 54.5 Å². The molecule has 1 aromatic heterocycles. The lowest BCUT2D eigenvalue weighted by Gasteiger charge is -2.06. The molecule has 0 aliphatic heterocycles. The number of hydrogen-bond acceptors (Lipinski definition) is 2. The molecule has 94 valence electrons. The number of aryl methyl sites for hydroxylation is 1. The van der Waals surface area contributed by atoms with Crippen molar-refractivity contribution in [2.24, 2.45) is 0 Å². The van der Waals surface area contributed by atoms with E-state index in [9.17, 15) is 0 Å². The van der Waals surface area contributed by atoms with Gasteiger partial charge >= 0.3 is 0 Å². The predicted octanol–water partition coefficient (Wildman–Crippen LogP) is 4.65. The van der Waals surface area contributed by atoms with Crippen molar-refractivity contribution >= 4 is 50.1 Å². The molecule has 18 heavy (non-hydrogen) atoms. The van der Waals surface area contributed by atoms with Crippen LogP contribution in [-0.4, -0.2) is 9.97 Å². The standard InChI is InChI=1S/C13H11BrClIN2/c1-2-10-12(16)13(15)18-11(17-10)7-8-3-5-9(14)6-4-8/h3-6H,2,7H2,1H3. The van der Waals surface area contributed by atoms with Gasteiger partial charge in [-0.25, -0.2) is 9.97 Å². The number of nitrogens with zero attached hydrogens (tertiary/aromatic N) is 2. The Kier molecular flexibility index (Phi) is 4.98. The quantitative estimate of drug-likeness (QED) is 0.516. The van der Waals surface area contributed by atoms with Crippen molar-refractivity contribution in [3.8, 4) is 0 Å². The molecule has 0 saturated carbocycles. The van der Waals surface area contributed by atoms with E-state index in [0.29, 0.717) is 11.6 Å². The van der Waals surface area contributed by atoms with E-state index in [1.165, 1.54) is 5.56 Å². The topological polar surface area (TPSA) is 25.8 Å². The van der Waals surface area contributed by atoms with Gasteiger partial charge in [-0.3, -0.25) is 0 Å². The van der Waals surface area contributed by atoms with Crippen LogP contribution in [0.1, 0.15) is 24.0 Å². The predicted molar refractivity (Wildman–Crippen MR) is 86.1 cm³/mol. The second kappa shape index (κ2) is 6.30. The SMILES string of the molecule is CCc1nc(Cc2ccc(Br)cc2)nc(Cl)c1I. The molecule has 1 heterocycles. The molecule has 5 heteroatoms. The Morgan fingerprint density at radius 1 is 1.22 bits per heavy atom. The van der Waals surface area contributed by atoms with E-state index in [1.54, 1.807) is 0 Å². The van der Waals surface area contributed by atoms with E-state index in [1.807, 2.05) is 12.1 Å². The Morgan fingerprint density at radius 3 is 2.50 bits per heavy atom. The van der Waals surface area contributed by atoms with E-state index < -0.39 is 0 Å². The zero-order chi connectivity index (χ0) is 13.1. The van der Waals surface area contributed by atoms with Crippen molar-refractivity contribution in [2.45, 2.75) is 19.8 Å². The molecular weight excluding hydrogens is 426 g/mol. The van der Waals surface area contributed by atoms with Crippen LogP contribution in [0.5, 0.6) is 0 Å². The van der Waals surface area contributed by atoms with E-state index in [-0.39, 0.29) is 0 Å². The molecule has 0 spiro atoms. The highest BCUT2D eigenvalue weighted by atomic mass is 127. The van der Waals surface area contributed by atoms with Crippen LogP contribution in [-0.2, 0) is 12.8 Å². The second-order valence-electron chi connectivity index (χ2n) is 3.85. The molecule has 0 fully saturated rings. The lowest BCUT2D eigenvalue weighted by atomic mass is 10.1. The Bertz CT molecular complexity index is 558. The van der Waals surface area contributed by atoms with E-state index in [4.69, 9.17) is 11.6 Å². The Hall–Kier alpha value is -0.200. The fraction of sp³-hybridized carbons (Fsp3) is 0.231. The summed E-state index contributed by atoms with van der Waals surface area (Å²) >= 11 is 11.7. The minimum Gasteiger partial charge on any atom is -0.236 e. The van der Waals surface area contributed by atoms with Gasteiger partial charge in [-0.2, -0.15) is 0 Å². The second-order valence-corrected chi connectivity index (χ2v) is 6.20. The smallest absolute Gasteiger partial charge is 0.146 e. The first kappa shape index (κ1) is 14.2. The third-order valence-electron chi connectivity index (χ3n) is 2.54. The van der Waals surface area contributed by atoms with Crippen LogP contribution in [0.4, 0.5) is 0 Å².